The van der Waals surface area contributed by atoms with Crippen LogP contribution in [0.3, 0.4) is 0 Å². The molecule has 1 aliphatic heterocycles. The number of primary amides is 1. The molecule has 0 bridgehead atoms. The SMILES string of the molecule is CC(C)(NC(=O)c1noc(C2CCCN2)n1)C(N)=O. The Balaban J connectivity index is 2.06. The molecule has 0 aromatic carbocycles. The molecule has 1 aromatic rings. The third-order valence-electron chi connectivity index (χ3n) is 3.05. The molecule has 4 N–H and O–H groups in total. The highest BCUT2D eigenvalue weighted by Gasteiger charge is 2.30. The summed E-state index contributed by atoms with van der Waals surface area (Å²) in [6.45, 7) is 3.91. The lowest BCUT2D eigenvalue weighted by Crippen LogP contribution is -2.53. The Kier molecular flexibility index (Phi) is 3.52. The van der Waals surface area contributed by atoms with Crippen LogP contribution in [0.25, 0.3) is 0 Å². The largest absolute Gasteiger partial charge is 0.368 e. The molecule has 104 valence electrons. The first-order valence-corrected chi connectivity index (χ1v) is 6.09. The molecule has 2 amide bonds. The van der Waals surface area contributed by atoms with E-state index in [-0.39, 0.29) is 11.9 Å². The second-order valence-corrected chi connectivity index (χ2v) is 5.05. The van der Waals surface area contributed by atoms with Gasteiger partial charge in [-0.05, 0) is 33.2 Å². The zero-order chi connectivity index (χ0) is 14.0. The van der Waals surface area contributed by atoms with Gasteiger partial charge in [-0.2, -0.15) is 4.98 Å². The van der Waals surface area contributed by atoms with Gasteiger partial charge in [0.25, 0.3) is 11.7 Å². The molecule has 1 aromatic heterocycles. The maximum atomic E-state index is 11.9. The standard InChI is InChI=1S/C11H17N5O3/c1-11(2,10(12)18)15-8(17)7-14-9(19-16-7)6-4-3-5-13-6/h6,13H,3-5H2,1-2H3,(H2,12,18)(H,15,17). The highest BCUT2D eigenvalue weighted by molar-refractivity contribution is 5.95. The van der Waals surface area contributed by atoms with Crippen molar-refractivity contribution >= 4 is 11.8 Å². The molecule has 8 heteroatoms. The summed E-state index contributed by atoms with van der Waals surface area (Å²) in [4.78, 5) is 27.0. The van der Waals surface area contributed by atoms with Gasteiger partial charge in [0.15, 0.2) is 0 Å². The quantitative estimate of drug-likeness (QED) is 0.675. The van der Waals surface area contributed by atoms with Crippen LogP contribution in [0, 0.1) is 0 Å². The molecule has 0 spiro atoms. The Hall–Kier alpha value is -1.96. The maximum Gasteiger partial charge on any atom is 0.293 e. The molecule has 19 heavy (non-hydrogen) atoms. The van der Waals surface area contributed by atoms with Crippen LogP contribution in [-0.4, -0.2) is 34.0 Å². The van der Waals surface area contributed by atoms with Crippen molar-refractivity contribution in [1.82, 2.24) is 20.8 Å². The molecule has 1 fully saturated rings. The van der Waals surface area contributed by atoms with E-state index in [0.29, 0.717) is 5.89 Å². The van der Waals surface area contributed by atoms with Gasteiger partial charge in [-0.15, -0.1) is 0 Å². The van der Waals surface area contributed by atoms with E-state index >= 15 is 0 Å². The summed E-state index contributed by atoms with van der Waals surface area (Å²) in [5.74, 6) is -0.934. The predicted octanol–water partition coefficient (Wildman–Crippen LogP) is -0.512. The van der Waals surface area contributed by atoms with Gasteiger partial charge >= 0.3 is 0 Å². The van der Waals surface area contributed by atoms with Crippen molar-refractivity contribution in [3.8, 4) is 0 Å². The average Bonchev–Trinajstić information content (AvgIpc) is 2.99. The van der Waals surface area contributed by atoms with Gasteiger partial charge in [-0.3, -0.25) is 9.59 Å². The molecule has 0 saturated carbocycles. The monoisotopic (exact) mass is 267 g/mol. The Labute approximate surface area is 110 Å². The summed E-state index contributed by atoms with van der Waals surface area (Å²) in [5, 5.41) is 9.26. The molecular formula is C11H17N5O3. The van der Waals surface area contributed by atoms with Gasteiger partial charge in [-0.1, -0.05) is 5.16 Å². The van der Waals surface area contributed by atoms with Crippen molar-refractivity contribution in [3.05, 3.63) is 11.7 Å². The molecule has 2 heterocycles. The van der Waals surface area contributed by atoms with Crippen LogP contribution in [0.5, 0.6) is 0 Å². The molecular weight excluding hydrogens is 250 g/mol. The normalized spacial score (nSPS) is 19.4. The van der Waals surface area contributed by atoms with E-state index in [1.807, 2.05) is 0 Å². The number of amides is 2. The lowest BCUT2D eigenvalue weighted by molar-refractivity contribution is -0.122. The number of rotatable bonds is 4. The second-order valence-electron chi connectivity index (χ2n) is 5.05. The Bertz CT molecular complexity index is 490. The minimum absolute atomic E-state index is 0.00167. The number of nitrogens with two attached hydrogens (primary N) is 1. The van der Waals surface area contributed by atoms with Crippen LogP contribution in [0.1, 0.15) is 49.2 Å². The number of nitrogens with zero attached hydrogens (tertiary/aromatic N) is 2. The molecule has 2 rings (SSSR count). The average molecular weight is 267 g/mol. The molecule has 1 atom stereocenters. The van der Waals surface area contributed by atoms with Crippen LogP contribution < -0.4 is 16.4 Å². The summed E-state index contributed by atoms with van der Waals surface area (Å²) in [5.41, 5.74) is 4.01. The van der Waals surface area contributed by atoms with E-state index in [1.165, 1.54) is 13.8 Å². The summed E-state index contributed by atoms with van der Waals surface area (Å²) in [6, 6.07) is -0.00167. The van der Waals surface area contributed by atoms with Crippen molar-refractivity contribution in [2.24, 2.45) is 5.73 Å². The second kappa shape index (κ2) is 4.96. The van der Waals surface area contributed by atoms with E-state index in [9.17, 15) is 9.59 Å². The molecule has 8 nitrogen and oxygen atoms in total. The van der Waals surface area contributed by atoms with Gasteiger partial charge < -0.3 is 20.9 Å². The van der Waals surface area contributed by atoms with Gasteiger partial charge in [0.1, 0.15) is 5.54 Å². The van der Waals surface area contributed by atoms with Crippen molar-refractivity contribution in [2.45, 2.75) is 38.3 Å². The van der Waals surface area contributed by atoms with Crippen molar-refractivity contribution in [2.75, 3.05) is 6.54 Å². The van der Waals surface area contributed by atoms with Crippen molar-refractivity contribution < 1.29 is 14.1 Å². The topological polar surface area (TPSA) is 123 Å². The zero-order valence-electron chi connectivity index (χ0n) is 10.9. The molecule has 0 aliphatic carbocycles. The lowest BCUT2D eigenvalue weighted by Gasteiger charge is -2.20. The van der Waals surface area contributed by atoms with Crippen LogP contribution in [0.2, 0.25) is 0 Å². The van der Waals surface area contributed by atoms with Gasteiger partial charge in [0.2, 0.25) is 11.8 Å². The third-order valence-corrected chi connectivity index (χ3v) is 3.05. The van der Waals surface area contributed by atoms with Crippen molar-refractivity contribution in [1.29, 1.82) is 0 Å². The van der Waals surface area contributed by atoms with Crippen LogP contribution in [-0.2, 0) is 4.79 Å². The fourth-order valence-corrected chi connectivity index (χ4v) is 1.77. The predicted molar refractivity (Wildman–Crippen MR) is 65.0 cm³/mol. The van der Waals surface area contributed by atoms with Crippen molar-refractivity contribution in [3.63, 3.8) is 0 Å². The van der Waals surface area contributed by atoms with Gasteiger partial charge in [0, 0.05) is 0 Å². The maximum absolute atomic E-state index is 11.9. The van der Waals surface area contributed by atoms with E-state index in [2.05, 4.69) is 20.8 Å². The number of hydrogen-bond acceptors (Lipinski definition) is 6. The summed E-state index contributed by atoms with van der Waals surface area (Å²) >= 11 is 0. The summed E-state index contributed by atoms with van der Waals surface area (Å²) in [7, 11) is 0. The molecule has 1 unspecified atom stereocenters. The summed E-state index contributed by atoms with van der Waals surface area (Å²) in [6.07, 6.45) is 1.93. The molecule has 1 saturated heterocycles. The van der Waals surface area contributed by atoms with Crippen LogP contribution in [0.4, 0.5) is 0 Å². The number of carbonyl (C=O) groups is 2. The lowest BCUT2D eigenvalue weighted by atomic mass is 10.1. The zero-order valence-corrected chi connectivity index (χ0v) is 10.9. The Morgan fingerprint density at radius 3 is 2.84 bits per heavy atom. The Morgan fingerprint density at radius 1 is 1.53 bits per heavy atom. The molecule has 1 aliphatic rings. The highest BCUT2D eigenvalue weighted by atomic mass is 16.5. The van der Waals surface area contributed by atoms with E-state index < -0.39 is 17.4 Å². The van der Waals surface area contributed by atoms with E-state index in [1.54, 1.807) is 0 Å². The fraction of sp³-hybridized carbons (Fsp3) is 0.636. The third kappa shape index (κ3) is 2.90. The summed E-state index contributed by atoms with van der Waals surface area (Å²) < 4.78 is 5.04. The first-order valence-electron chi connectivity index (χ1n) is 6.09. The first-order chi connectivity index (χ1) is 8.90. The van der Waals surface area contributed by atoms with Crippen LogP contribution >= 0.6 is 0 Å². The smallest absolute Gasteiger partial charge is 0.293 e. The Morgan fingerprint density at radius 2 is 2.26 bits per heavy atom. The number of carbonyl (C=O) groups excluding carboxylic acids is 2. The minimum Gasteiger partial charge on any atom is -0.368 e. The van der Waals surface area contributed by atoms with E-state index in [4.69, 9.17) is 10.3 Å². The van der Waals surface area contributed by atoms with E-state index in [0.717, 1.165) is 19.4 Å². The van der Waals surface area contributed by atoms with Gasteiger partial charge in [-0.25, -0.2) is 0 Å². The number of hydrogen-bond donors (Lipinski definition) is 3. The van der Waals surface area contributed by atoms with Gasteiger partial charge in [0.05, 0.1) is 6.04 Å². The minimum atomic E-state index is -1.16. The highest BCUT2D eigenvalue weighted by Crippen LogP contribution is 2.21. The number of aromatic nitrogens is 2. The first kappa shape index (κ1) is 13.5. The van der Waals surface area contributed by atoms with Crippen LogP contribution in [0.15, 0.2) is 4.52 Å². The molecule has 0 radical (unpaired) electrons. The number of nitrogens with one attached hydrogen (secondary N) is 2. The fourth-order valence-electron chi connectivity index (χ4n) is 1.77.